The van der Waals surface area contributed by atoms with Crippen molar-refractivity contribution in [1.82, 2.24) is 19.5 Å². The zero-order chi connectivity index (χ0) is 14.6. The highest BCUT2D eigenvalue weighted by Crippen LogP contribution is 2.19. The molecular formula is C12H17N5O2S. The highest BCUT2D eigenvalue weighted by atomic mass is 32.2. The van der Waals surface area contributed by atoms with Crippen LogP contribution in [0, 0.1) is 0 Å². The standard InChI is InChI=1S/C12H17N5O2S/c1-3-14-11-4-6-13-9-12(11)20(18,19)15-8-10-5-7-17(2)16-10/h4-7,9,15H,3,8H2,1-2H3,(H,13,14). The maximum Gasteiger partial charge on any atom is 0.244 e. The van der Waals surface area contributed by atoms with Gasteiger partial charge in [-0.15, -0.1) is 0 Å². The number of rotatable bonds is 6. The van der Waals surface area contributed by atoms with Crippen molar-refractivity contribution in [2.75, 3.05) is 11.9 Å². The summed E-state index contributed by atoms with van der Waals surface area (Å²) < 4.78 is 28.7. The van der Waals surface area contributed by atoms with E-state index in [1.54, 1.807) is 36.3 Å². The minimum atomic E-state index is -3.63. The smallest absolute Gasteiger partial charge is 0.244 e. The minimum absolute atomic E-state index is 0.137. The summed E-state index contributed by atoms with van der Waals surface area (Å²) in [5.74, 6) is 0. The Morgan fingerprint density at radius 1 is 1.35 bits per heavy atom. The molecule has 2 aromatic heterocycles. The lowest BCUT2D eigenvalue weighted by Crippen LogP contribution is -2.24. The molecule has 0 fully saturated rings. The van der Waals surface area contributed by atoms with Crippen molar-refractivity contribution in [2.24, 2.45) is 7.05 Å². The van der Waals surface area contributed by atoms with Crippen LogP contribution in [0.25, 0.3) is 0 Å². The number of pyridine rings is 1. The van der Waals surface area contributed by atoms with E-state index >= 15 is 0 Å². The zero-order valence-electron chi connectivity index (χ0n) is 11.4. The van der Waals surface area contributed by atoms with Crippen LogP contribution in [-0.4, -0.2) is 29.7 Å². The molecule has 0 aromatic carbocycles. The van der Waals surface area contributed by atoms with Crippen LogP contribution < -0.4 is 10.0 Å². The van der Waals surface area contributed by atoms with E-state index in [0.717, 1.165) is 0 Å². The third-order valence-corrected chi connectivity index (χ3v) is 4.08. The topological polar surface area (TPSA) is 88.9 Å². The Bertz CT molecular complexity index is 681. The Kier molecular flexibility index (Phi) is 4.35. The van der Waals surface area contributed by atoms with E-state index in [1.165, 1.54) is 6.20 Å². The van der Waals surface area contributed by atoms with Crippen LogP contribution in [0.1, 0.15) is 12.6 Å². The first-order valence-electron chi connectivity index (χ1n) is 6.19. The van der Waals surface area contributed by atoms with E-state index in [2.05, 4.69) is 20.1 Å². The molecule has 0 aliphatic carbocycles. The minimum Gasteiger partial charge on any atom is -0.384 e. The fourth-order valence-corrected chi connectivity index (χ4v) is 2.86. The maximum atomic E-state index is 12.3. The maximum absolute atomic E-state index is 12.3. The van der Waals surface area contributed by atoms with E-state index in [4.69, 9.17) is 0 Å². The van der Waals surface area contributed by atoms with Crippen LogP contribution in [0.4, 0.5) is 5.69 Å². The van der Waals surface area contributed by atoms with Gasteiger partial charge in [-0.2, -0.15) is 5.10 Å². The first kappa shape index (κ1) is 14.5. The summed E-state index contributed by atoms with van der Waals surface area (Å²) in [4.78, 5) is 4.01. The van der Waals surface area contributed by atoms with E-state index in [1.807, 2.05) is 6.92 Å². The van der Waals surface area contributed by atoms with Gasteiger partial charge in [0.15, 0.2) is 0 Å². The summed E-state index contributed by atoms with van der Waals surface area (Å²) in [6.45, 7) is 2.68. The Hall–Kier alpha value is -1.93. The lowest BCUT2D eigenvalue weighted by atomic mass is 10.4. The molecule has 0 saturated heterocycles. The molecule has 2 heterocycles. The Morgan fingerprint density at radius 2 is 2.15 bits per heavy atom. The van der Waals surface area contributed by atoms with Gasteiger partial charge in [0.1, 0.15) is 4.90 Å². The molecule has 0 atom stereocenters. The van der Waals surface area contributed by atoms with Crippen molar-refractivity contribution in [3.8, 4) is 0 Å². The molecule has 108 valence electrons. The van der Waals surface area contributed by atoms with E-state index in [0.29, 0.717) is 17.9 Å². The predicted octanol–water partition coefficient (Wildman–Crippen LogP) is 0.725. The van der Waals surface area contributed by atoms with Crippen LogP contribution in [0.15, 0.2) is 35.6 Å². The third-order valence-electron chi connectivity index (χ3n) is 2.65. The second-order valence-corrected chi connectivity index (χ2v) is 5.94. The molecule has 0 radical (unpaired) electrons. The molecule has 20 heavy (non-hydrogen) atoms. The molecule has 8 heteroatoms. The number of hydrogen-bond donors (Lipinski definition) is 2. The van der Waals surface area contributed by atoms with Crippen molar-refractivity contribution in [3.05, 3.63) is 36.4 Å². The van der Waals surface area contributed by atoms with Crippen molar-refractivity contribution in [1.29, 1.82) is 0 Å². The Morgan fingerprint density at radius 3 is 2.80 bits per heavy atom. The van der Waals surface area contributed by atoms with Crippen molar-refractivity contribution < 1.29 is 8.42 Å². The van der Waals surface area contributed by atoms with Crippen LogP contribution in [0.2, 0.25) is 0 Å². The molecule has 2 rings (SSSR count). The monoisotopic (exact) mass is 295 g/mol. The van der Waals surface area contributed by atoms with Crippen molar-refractivity contribution in [3.63, 3.8) is 0 Å². The van der Waals surface area contributed by atoms with Gasteiger partial charge in [0.2, 0.25) is 10.0 Å². The highest BCUT2D eigenvalue weighted by molar-refractivity contribution is 7.89. The van der Waals surface area contributed by atoms with Crippen LogP contribution in [-0.2, 0) is 23.6 Å². The van der Waals surface area contributed by atoms with Gasteiger partial charge in [-0.3, -0.25) is 9.67 Å². The molecule has 0 saturated carbocycles. The fraction of sp³-hybridized carbons (Fsp3) is 0.333. The number of anilines is 1. The first-order chi connectivity index (χ1) is 9.53. The summed E-state index contributed by atoms with van der Waals surface area (Å²) in [6.07, 6.45) is 4.65. The molecule has 0 aliphatic rings. The van der Waals surface area contributed by atoms with Crippen molar-refractivity contribution >= 4 is 15.7 Å². The van der Waals surface area contributed by atoms with Gasteiger partial charge in [0, 0.05) is 32.2 Å². The molecule has 0 spiro atoms. The molecule has 0 unspecified atom stereocenters. The van der Waals surface area contributed by atoms with E-state index < -0.39 is 10.0 Å². The molecule has 7 nitrogen and oxygen atoms in total. The average Bonchev–Trinajstić information content (AvgIpc) is 2.83. The highest BCUT2D eigenvalue weighted by Gasteiger charge is 2.18. The second-order valence-electron chi connectivity index (χ2n) is 4.21. The first-order valence-corrected chi connectivity index (χ1v) is 7.67. The molecule has 0 aliphatic heterocycles. The molecular weight excluding hydrogens is 278 g/mol. The molecule has 2 aromatic rings. The second kappa shape index (κ2) is 6.02. The summed E-state index contributed by atoms with van der Waals surface area (Å²) in [5, 5.41) is 7.13. The lowest BCUT2D eigenvalue weighted by Gasteiger charge is -2.11. The fourth-order valence-electron chi connectivity index (χ4n) is 1.73. The van der Waals surface area contributed by atoms with Gasteiger partial charge in [-0.25, -0.2) is 13.1 Å². The van der Waals surface area contributed by atoms with Gasteiger partial charge in [-0.05, 0) is 19.1 Å². The normalized spacial score (nSPS) is 11.5. The largest absolute Gasteiger partial charge is 0.384 e. The van der Waals surface area contributed by atoms with Crippen LogP contribution in [0.5, 0.6) is 0 Å². The Balaban J connectivity index is 2.18. The zero-order valence-corrected chi connectivity index (χ0v) is 12.2. The van der Waals surface area contributed by atoms with Gasteiger partial charge >= 0.3 is 0 Å². The van der Waals surface area contributed by atoms with Gasteiger partial charge in [-0.1, -0.05) is 0 Å². The Labute approximate surface area is 118 Å². The van der Waals surface area contributed by atoms with Crippen molar-refractivity contribution in [2.45, 2.75) is 18.4 Å². The number of nitrogens with zero attached hydrogens (tertiary/aromatic N) is 3. The average molecular weight is 295 g/mol. The van der Waals surface area contributed by atoms with Gasteiger partial charge in [0.05, 0.1) is 17.9 Å². The summed E-state index contributed by atoms with van der Waals surface area (Å²) >= 11 is 0. The summed E-state index contributed by atoms with van der Waals surface area (Å²) in [5.41, 5.74) is 1.20. The van der Waals surface area contributed by atoms with Gasteiger partial charge < -0.3 is 5.32 Å². The van der Waals surface area contributed by atoms with Crippen LogP contribution >= 0.6 is 0 Å². The summed E-state index contributed by atoms with van der Waals surface area (Å²) in [6, 6.07) is 3.40. The molecule has 0 amide bonds. The quantitative estimate of drug-likeness (QED) is 0.820. The SMILES string of the molecule is CCNc1ccncc1S(=O)(=O)NCc1ccn(C)n1. The number of nitrogens with one attached hydrogen (secondary N) is 2. The number of aryl methyl sites for hydroxylation is 1. The number of aromatic nitrogens is 3. The van der Waals surface area contributed by atoms with Crippen LogP contribution in [0.3, 0.4) is 0 Å². The third kappa shape index (κ3) is 3.34. The van der Waals surface area contributed by atoms with Gasteiger partial charge in [0.25, 0.3) is 0 Å². The summed E-state index contributed by atoms with van der Waals surface area (Å²) in [7, 11) is -1.85. The van der Waals surface area contributed by atoms with E-state index in [9.17, 15) is 8.42 Å². The molecule has 2 N–H and O–H groups in total. The number of hydrogen-bond acceptors (Lipinski definition) is 5. The molecule has 0 bridgehead atoms. The predicted molar refractivity (Wildman–Crippen MR) is 75.6 cm³/mol. The lowest BCUT2D eigenvalue weighted by molar-refractivity contribution is 0.579. The number of sulfonamides is 1. The van der Waals surface area contributed by atoms with E-state index in [-0.39, 0.29) is 11.4 Å².